The molecule has 176 valence electrons. The third-order valence-electron chi connectivity index (χ3n) is 5.86. The van der Waals surface area contributed by atoms with Crippen LogP contribution in [-0.4, -0.2) is 0 Å². The van der Waals surface area contributed by atoms with Crippen molar-refractivity contribution in [2.75, 3.05) is 0 Å². The van der Waals surface area contributed by atoms with Gasteiger partial charge in [0.15, 0.2) is 0 Å². The van der Waals surface area contributed by atoms with Crippen LogP contribution in [0.15, 0.2) is 60.7 Å². The first-order valence-corrected chi connectivity index (χ1v) is 10.6. The van der Waals surface area contributed by atoms with E-state index in [4.69, 9.17) is 0 Å². The van der Waals surface area contributed by atoms with Gasteiger partial charge in [-0.25, -0.2) is 17.6 Å². The maximum atomic E-state index is 15.1. The lowest BCUT2D eigenvalue weighted by atomic mass is 9.96. The predicted molar refractivity (Wildman–Crippen MR) is 117 cm³/mol. The van der Waals surface area contributed by atoms with Gasteiger partial charge in [-0.3, -0.25) is 0 Å². The standard InChI is InChI=1S/C27H19F7/c1-2-15-4-9-20(22(28)11-15)18-8-10-21-19(14-18)7-6-17(26(21)31)5-3-16-12-23(29)25(24(30)13-16)27(32,33)34/h4,6-14H,2-3,5H2,1H3. The Morgan fingerprint density at radius 3 is 1.97 bits per heavy atom. The highest BCUT2D eigenvalue weighted by Gasteiger charge is 2.37. The molecule has 0 aromatic heterocycles. The van der Waals surface area contributed by atoms with Crippen LogP contribution in [0.5, 0.6) is 0 Å². The van der Waals surface area contributed by atoms with Crippen LogP contribution in [0.25, 0.3) is 21.9 Å². The van der Waals surface area contributed by atoms with Crippen molar-refractivity contribution in [1.82, 2.24) is 0 Å². The van der Waals surface area contributed by atoms with Gasteiger partial charge in [0.05, 0.1) is 0 Å². The summed E-state index contributed by atoms with van der Waals surface area (Å²) in [5.74, 6) is -4.31. The first-order chi connectivity index (χ1) is 16.1. The summed E-state index contributed by atoms with van der Waals surface area (Å²) >= 11 is 0. The van der Waals surface area contributed by atoms with Gasteiger partial charge in [0.1, 0.15) is 28.8 Å². The van der Waals surface area contributed by atoms with E-state index in [0.717, 1.165) is 5.56 Å². The topological polar surface area (TPSA) is 0 Å². The second-order valence-electron chi connectivity index (χ2n) is 8.07. The molecule has 0 atom stereocenters. The lowest BCUT2D eigenvalue weighted by molar-refractivity contribution is -0.142. The van der Waals surface area contributed by atoms with Crippen molar-refractivity contribution in [3.8, 4) is 11.1 Å². The van der Waals surface area contributed by atoms with E-state index in [9.17, 15) is 26.3 Å². The summed E-state index contributed by atoms with van der Waals surface area (Å²) in [6.45, 7) is 1.93. The molecule has 0 amide bonds. The van der Waals surface area contributed by atoms with Gasteiger partial charge < -0.3 is 0 Å². The average molecular weight is 476 g/mol. The Balaban J connectivity index is 1.59. The second-order valence-corrected chi connectivity index (χ2v) is 8.07. The van der Waals surface area contributed by atoms with E-state index < -0.39 is 29.2 Å². The normalized spacial score (nSPS) is 11.9. The maximum Gasteiger partial charge on any atom is 0.422 e. The second kappa shape index (κ2) is 9.12. The molecule has 0 nitrogen and oxygen atoms in total. The number of halogens is 7. The highest BCUT2D eigenvalue weighted by atomic mass is 19.4. The van der Waals surface area contributed by atoms with Crippen LogP contribution in [0, 0.1) is 23.3 Å². The maximum absolute atomic E-state index is 15.1. The molecule has 0 N–H and O–H groups in total. The van der Waals surface area contributed by atoms with Gasteiger partial charge in [0.2, 0.25) is 0 Å². The number of hydrogen-bond donors (Lipinski definition) is 0. The smallest absolute Gasteiger partial charge is 0.206 e. The molecule has 0 unspecified atom stereocenters. The van der Waals surface area contributed by atoms with Gasteiger partial charge in [-0.1, -0.05) is 43.3 Å². The zero-order chi connectivity index (χ0) is 24.6. The summed E-state index contributed by atoms with van der Waals surface area (Å²) in [6, 6.07) is 14.2. The minimum absolute atomic E-state index is 0.0103. The monoisotopic (exact) mass is 476 g/mol. The van der Waals surface area contributed by atoms with E-state index in [1.54, 1.807) is 24.3 Å². The molecule has 0 bridgehead atoms. The zero-order valence-corrected chi connectivity index (χ0v) is 18.0. The average Bonchev–Trinajstić information content (AvgIpc) is 2.77. The van der Waals surface area contributed by atoms with E-state index in [1.165, 1.54) is 18.2 Å². The van der Waals surface area contributed by atoms with E-state index in [2.05, 4.69) is 0 Å². The molecule has 0 aliphatic rings. The lowest BCUT2D eigenvalue weighted by Gasteiger charge is -2.12. The van der Waals surface area contributed by atoms with Crippen LogP contribution in [0.2, 0.25) is 0 Å². The molecule has 0 spiro atoms. The molecule has 0 fully saturated rings. The van der Waals surface area contributed by atoms with Crippen LogP contribution in [0.1, 0.15) is 29.2 Å². The van der Waals surface area contributed by atoms with Crippen LogP contribution in [0.3, 0.4) is 0 Å². The van der Waals surface area contributed by atoms with Crippen LogP contribution >= 0.6 is 0 Å². The summed E-state index contributed by atoms with van der Waals surface area (Å²) in [5.41, 5.74) is 0.156. The Bertz CT molecular complexity index is 1350. The molecule has 7 heteroatoms. The van der Waals surface area contributed by atoms with Gasteiger partial charge in [-0.05, 0) is 71.2 Å². The molecule has 4 aromatic rings. The molecular formula is C27H19F7. The Morgan fingerprint density at radius 1 is 0.676 bits per heavy atom. The first-order valence-electron chi connectivity index (χ1n) is 10.6. The number of aryl methyl sites for hydroxylation is 3. The Kier molecular flexibility index (Phi) is 6.39. The highest BCUT2D eigenvalue weighted by Crippen LogP contribution is 2.34. The molecule has 34 heavy (non-hydrogen) atoms. The summed E-state index contributed by atoms with van der Waals surface area (Å²) in [7, 11) is 0. The van der Waals surface area contributed by atoms with Crippen molar-refractivity contribution >= 4 is 10.8 Å². The van der Waals surface area contributed by atoms with Crippen LogP contribution in [0.4, 0.5) is 30.7 Å². The van der Waals surface area contributed by atoms with Crippen LogP contribution in [-0.2, 0) is 25.4 Å². The van der Waals surface area contributed by atoms with Crippen LogP contribution < -0.4 is 0 Å². The Hall–Kier alpha value is -3.35. The highest BCUT2D eigenvalue weighted by molar-refractivity contribution is 5.88. The quantitative estimate of drug-likeness (QED) is 0.254. The summed E-state index contributed by atoms with van der Waals surface area (Å²) in [6.07, 6.45) is -4.46. The molecule has 0 heterocycles. The van der Waals surface area contributed by atoms with E-state index in [0.29, 0.717) is 35.1 Å². The third kappa shape index (κ3) is 4.65. The SMILES string of the molecule is CCc1ccc(-c2ccc3c(F)c(CCc4cc(F)c(C(F)(F)F)c(F)c4)ccc3c2)c(F)c1. The minimum atomic E-state index is -5.14. The molecule has 0 aliphatic heterocycles. The van der Waals surface area contributed by atoms with Crippen molar-refractivity contribution in [3.05, 3.63) is 106 Å². The van der Waals surface area contributed by atoms with Gasteiger partial charge in [0, 0.05) is 10.9 Å². The molecule has 0 radical (unpaired) electrons. The number of alkyl halides is 3. The summed E-state index contributed by atoms with van der Waals surface area (Å²) in [5, 5.41) is 0.834. The van der Waals surface area contributed by atoms with Gasteiger partial charge in [0.25, 0.3) is 0 Å². The fourth-order valence-electron chi connectivity index (χ4n) is 4.03. The molecule has 0 saturated heterocycles. The zero-order valence-electron chi connectivity index (χ0n) is 18.0. The molecule has 0 aliphatic carbocycles. The summed E-state index contributed by atoms with van der Waals surface area (Å²) < 4.78 is 95.4. The summed E-state index contributed by atoms with van der Waals surface area (Å²) in [4.78, 5) is 0. The molecule has 4 rings (SSSR count). The number of rotatable bonds is 5. The number of hydrogen-bond acceptors (Lipinski definition) is 0. The number of fused-ring (bicyclic) bond motifs is 1. The van der Waals surface area contributed by atoms with E-state index in [1.807, 2.05) is 13.0 Å². The lowest BCUT2D eigenvalue weighted by Crippen LogP contribution is -2.12. The predicted octanol–water partition coefficient (Wildman–Crippen LogP) is 8.43. The Morgan fingerprint density at radius 2 is 1.35 bits per heavy atom. The van der Waals surface area contributed by atoms with Gasteiger partial charge >= 0.3 is 6.18 Å². The van der Waals surface area contributed by atoms with Crippen molar-refractivity contribution in [2.45, 2.75) is 32.4 Å². The van der Waals surface area contributed by atoms with Crippen molar-refractivity contribution in [3.63, 3.8) is 0 Å². The van der Waals surface area contributed by atoms with E-state index in [-0.39, 0.29) is 35.2 Å². The van der Waals surface area contributed by atoms with Crippen molar-refractivity contribution < 1.29 is 30.7 Å². The minimum Gasteiger partial charge on any atom is -0.206 e. The van der Waals surface area contributed by atoms with Crippen molar-refractivity contribution in [2.24, 2.45) is 0 Å². The Labute approximate surface area is 191 Å². The molecular weight excluding hydrogens is 457 g/mol. The van der Waals surface area contributed by atoms with Crippen molar-refractivity contribution in [1.29, 1.82) is 0 Å². The van der Waals surface area contributed by atoms with E-state index >= 15 is 4.39 Å². The molecule has 4 aromatic carbocycles. The molecule has 0 saturated carbocycles. The largest absolute Gasteiger partial charge is 0.422 e. The first kappa shape index (κ1) is 23.8. The van der Waals surface area contributed by atoms with Gasteiger partial charge in [-0.15, -0.1) is 0 Å². The van der Waals surface area contributed by atoms with Gasteiger partial charge in [-0.2, -0.15) is 13.2 Å². The third-order valence-corrected chi connectivity index (χ3v) is 5.86. The fraction of sp³-hybridized carbons (Fsp3) is 0.185. The number of benzene rings is 4. The fourth-order valence-corrected chi connectivity index (χ4v) is 4.03.